The Morgan fingerprint density at radius 2 is 1.85 bits per heavy atom. The first-order chi connectivity index (χ1) is 16.5. The second-order valence-corrected chi connectivity index (χ2v) is 10.0. The van der Waals surface area contributed by atoms with E-state index in [0.29, 0.717) is 18.2 Å². The molecule has 1 saturated heterocycles. The van der Waals surface area contributed by atoms with Crippen molar-refractivity contribution in [2.75, 3.05) is 19.1 Å². The number of anilines is 1. The number of carbonyl (C=O) groups is 1. The number of piperidine rings is 1. The standard InChI is InChI=1S/C26H29BrFN3O3/c1-33-19-10-7-17(8-11-19)31-22-12-6-16(27)14-21(22)29-26(31)23-4-3-5-25(32)30(23)18-9-13-24(34-2)20(28)15-18/h6,9,12-15,17,19,23H,3-5,7-8,10-11H2,1-2H3/t17?,19?,23-/m0/s1. The fraction of sp³-hybridized carbons (Fsp3) is 0.462. The topological polar surface area (TPSA) is 56.6 Å². The molecule has 0 bridgehead atoms. The van der Waals surface area contributed by atoms with Crippen molar-refractivity contribution < 1.29 is 18.7 Å². The lowest BCUT2D eigenvalue weighted by Gasteiger charge is -2.37. The van der Waals surface area contributed by atoms with Gasteiger partial charge >= 0.3 is 0 Å². The third kappa shape index (κ3) is 4.22. The zero-order valence-electron chi connectivity index (χ0n) is 19.5. The zero-order valence-corrected chi connectivity index (χ0v) is 21.1. The summed E-state index contributed by atoms with van der Waals surface area (Å²) in [6, 6.07) is 10.9. The molecule has 1 atom stereocenters. The Morgan fingerprint density at radius 3 is 2.56 bits per heavy atom. The molecule has 8 heteroatoms. The Bertz CT molecular complexity index is 1210. The van der Waals surface area contributed by atoms with Crippen LogP contribution in [0.15, 0.2) is 40.9 Å². The molecule has 0 spiro atoms. The molecule has 2 aliphatic rings. The molecule has 1 saturated carbocycles. The molecular formula is C26H29BrFN3O3. The Labute approximate surface area is 207 Å². The van der Waals surface area contributed by atoms with Crippen molar-refractivity contribution in [3.05, 3.63) is 52.5 Å². The second-order valence-electron chi connectivity index (χ2n) is 9.13. The Hall–Kier alpha value is -2.45. The highest BCUT2D eigenvalue weighted by atomic mass is 79.9. The Balaban J connectivity index is 1.61. The Morgan fingerprint density at radius 1 is 1.06 bits per heavy atom. The van der Waals surface area contributed by atoms with E-state index >= 15 is 0 Å². The number of amides is 1. The summed E-state index contributed by atoms with van der Waals surface area (Å²) in [5.41, 5.74) is 2.51. The molecule has 2 aromatic carbocycles. The predicted molar refractivity (Wildman–Crippen MR) is 133 cm³/mol. The van der Waals surface area contributed by atoms with Gasteiger partial charge in [-0.05, 0) is 68.9 Å². The third-order valence-corrected chi connectivity index (χ3v) is 7.67. The van der Waals surface area contributed by atoms with E-state index in [1.54, 1.807) is 24.1 Å². The number of ether oxygens (including phenoxy) is 2. The lowest BCUT2D eigenvalue weighted by Crippen LogP contribution is -2.40. The zero-order chi connectivity index (χ0) is 23.8. The van der Waals surface area contributed by atoms with Gasteiger partial charge in [0.2, 0.25) is 5.91 Å². The highest BCUT2D eigenvalue weighted by Gasteiger charge is 2.36. The van der Waals surface area contributed by atoms with Crippen molar-refractivity contribution >= 4 is 38.6 Å². The maximum Gasteiger partial charge on any atom is 0.227 e. The minimum atomic E-state index is -0.479. The van der Waals surface area contributed by atoms with Crippen molar-refractivity contribution in [3.63, 3.8) is 0 Å². The van der Waals surface area contributed by atoms with Gasteiger partial charge in [0.25, 0.3) is 0 Å². The summed E-state index contributed by atoms with van der Waals surface area (Å²) in [4.78, 5) is 20.0. The van der Waals surface area contributed by atoms with Crippen LogP contribution >= 0.6 is 15.9 Å². The number of methoxy groups -OCH3 is 2. The molecule has 2 fully saturated rings. The maximum atomic E-state index is 14.6. The predicted octanol–water partition coefficient (Wildman–Crippen LogP) is 6.33. The summed E-state index contributed by atoms with van der Waals surface area (Å²) in [5.74, 6) is 0.547. The van der Waals surface area contributed by atoms with Gasteiger partial charge in [-0.3, -0.25) is 4.79 Å². The largest absolute Gasteiger partial charge is 0.494 e. The number of carbonyl (C=O) groups excluding carboxylic acids is 1. The van der Waals surface area contributed by atoms with Gasteiger partial charge in [-0.25, -0.2) is 9.37 Å². The summed E-state index contributed by atoms with van der Waals surface area (Å²) in [5, 5.41) is 0. The van der Waals surface area contributed by atoms with Crippen molar-refractivity contribution in [3.8, 4) is 5.75 Å². The number of nitrogens with zero attached hydrogens (tertiary/aromatic N) is 3. The molecule has 0 unspecified atom stereocenters. The third-order valence-electron chi connectivity index (χ3n) is 7.18. The highest BCUT2D eigenvalue weighted by molar-refractivity contribution is 9.10. The van der Waals surface area contributed by atoms with Gasteiger partial charge in [0.1, 0.15) is 5.82 Å². The van der Waals surface area contributed by atoms with E-state index in [2.05, 4.69) is 26.6 Å². The van der Waals surface area contributed by atoms with Gasteiger partial charge in [-0.15, -0.1) is 0 Å². The normalized spacial score (nSPS) is 23.5. The molecule has 1 aliphatic carbocycles. The van der Waals surface area contributed by atoms with E-state index in [4.69, 9.17) is 14.5 Å². The summed E-state index contributed by atoms with van der Waals surface area (Å²) in [7, 11) is 3.21. The molecular weight excluding hydrogens is 501 g/mol. The van der Waals surface area contributed by atoms with Gasteiger partial charge < -0.3 is 18.9 Å². The molecule has 34 heavy (non-hydrogen) atoms. The summed E-state index contributed by atoms with van der Waals surface area (Å²) in [6.07, 6.45) is 6.25. The molecule has 0 radical (unpaired) electrons. The van der Waals surface area contributed by atoms with Crippen LogP contribution in [0.1, 0.15) is 62.9 Å². The van der Waals surface area contributed by atoms with Gasteiger partial charge in [0, 0.05) is 35.8 Å². The van der Waals surface area contributed by atoms with E-state index in [-0.39, 0.29) is 23.7 Å². The van der Waals surface area contributed by atoms with E-state index in [0.717, 1.165) is 59.9 Å². The van der Waals surface area contributed by atoms with Crippen LogP contribution in [0.4, 0.5) is 10.1 Å². The lowest BCUT2D eigenvalue weighted by molar-refractivity contribution is -0.120. The first-order valence-corrected chi connectivity index (χ1v) is 12.6. The molecule has 1 aliphatic heterocycles. The number of halogens is 2. The van der Waals surface area contributed by atoms with E-state index < -0.39 is 5.82 Å². The number of hydrogen-bond acceptors (Lipinski definition) is 4. The Kier molecular flexibility index (Phi) is 6.62. The van der Waals surface area contributed by atoms with Crippen LogP contribution in [0.25, 0.3) is 11.0 Å². The number of aromatic nitrogens is 2. The number of fused-ring (bicyclic) bond motifs is 1. The average molecular weight is 530 g/mol. The maximum absolute atomic E-state index is 14.6. The number of benzene rings is 2. The van der Waals surface area contributed by atoms with Crippen molar-refractivity contribution in [2.45, 2.75) is 63.1 Å². The molecule has 3 aromatic rings. The van der Waals surface area contributed by atoms with Crippen LogP contribution in [-0.4, -0.2) is 35.8 Å². The van der Waals surface area contributed by atoms with E-state index in [1.807, 2.05) is 12.1 Å². The molecule has 2 heterocycles. The summed E-state index contributed by atoms with van der Waals surface area (Å²) < 4.78 is 28.6. The molecule has 0 N–H and O–H groups in total. The average Bonchev–Trinajstić information content (AvgIpc) is 3.22. The van der Waals surface area contributed by atoms with Crippen LogP contribution in [0.5, 0.6) is 5.75 Å². The van der Waals surface area contributed by atoms with Crippen LogP contribution in [-0.2, 0) is 9.53 Å². The number of imidazole rings is 1. The molecule has 6 nitrogen and oxygen atoms in total. The van der Waals surface area contributed by atoms with Crippen LogP contribution in [0.3, 0.4) is 0 Å². The van der Waals surface area contributed by atoms with Crippen LogP contribution in [0, 0.1) is 5.82 Å². The molecule has 180 valence electrons. The fourth-order valence-corrected chi connectivity index (χ4v) is 5.84. The first-order valence-electron chi connectivity index (χ1n) is 11.9. The lowest BCUT2D eigenvalue weighted by atomic mass is 9.92. The van der Waals surface area contributed by atoms with Crippen LogP contribution in [0.2, 0.25) is 0 Å². The first kappa shape index (κ1) is 23.3. The summed E-state index contributed by atoms with van der Waals surface area (Å²) in [6.45, 7) is 0. The molecule has 1 amide bonds. The van der Waals surface area contributed by atoms with Crippen molar-refractivity contribution in [1.82, 2.24) is 9.55 Å². The fourth-order valence-electron chi connectivity index (χ4n) is 5.49. The number of hydrogen-bond donors (Lipinski definition) is 0. The van der Waals surface area contributed by atoms with Crippen LogP contribution < -0.4 is 9.64 Å². The smallest absolute Gasteiger partial charge is 0.227 e. The van der Waals surface area contributed by atoms with Gasteiger partial charge in [0.05, 0.1) is 30.3 Å². The quantitative estimate of drug-likeness (QED) is 0.387. The van der Waals surface area contributed by atoms with Crippen molar-refractivity contribution in [2.24, 2.45) is 0 Å². The SMILES string of the molecule is COc1ccc(N2C(=O)CCC[C@H]2c2nc3cc(Br)ccc3n2C2CCC(OC)CC2)cc1F. The van der Waals surface area contributed by atoms with E-state index in [9.17, 15) is 9.18 Å². The minimum Gasteiger partial charge on any atom is -0.494 e. The second kappa shape index (κ2) is 9.66. The number of rotatable bonds is 5. The minimum absolute atomic E-state index is 0.0105. The van der Waals surface area contributed by atoms with E-state index in [1.165, 1.54) is 13.2 Å². The van der Waals surface area contributed by atoms with Gasteiger partial charge in [-0.1, -0.05) is 15.9 Å². The monoisotopic (exact) mass is 529 g/mol. The summed E-state index contributed by atoms with van der Waals surface area (Å²) >= 11 is 3.57. The van der Waals surface area contributed by atoms with Gasteiger partial charge in [0.15, 0.2) is 11.6 Å². The van der Waals surface area contributed by atoms with Gasteiger partial charge in [-0.2, -0.15) is 0 Å². The highest BCUT2D eigenvalue weighted by Crippen LogP contribution is 2.41. The van der Waals surface area contributed by atoms with Crippen molar-refractivity contribution in [1.29, 1.82) is 0 Å². The molecule has 5 rings (SSSR count). The molecule has 1 aromatic heterocycles.